The van der Waals surface area contributed by atoms with Crippen LogP contribution in [0.4, 0.5) is 15.8 Å². The molecule has 0 saturated heterocycles. The fraction of sp³-hybridized carbons (Fsp3) is 0.133. The average Bonchev–Trinajstić information content (AvgIpc) is 2.37. The number of methoxy groups -OCH3 is 1. The average molecular weight is 256 g/mol. The number of ether oxygens (including phenoxy) is 1. The normalized spacial score (nSPS) is 9.79. The second kappa shape index (κ2) is 5.40. The Bertz CT molecular complexity index is 627. The predicted molar refractivity (Wildman–Crippen MR) is 72.1 cm³/mol. The largest absolute Gasteiger partial charge is 0.497 e. The molecule has 2 aromatic carbocycles. The van der Waals surface area contributed by atoms with E-state index < -0.39 is 0 Å². The van der Waals surface area contributed by atoms with Crippen LogP contribution in [0.3, 0.4) is 0 Å². The molecule has 2 rings (SSSR count). The molecular weight excluding hydrogens is 243 g/mol. The van der Waals surface area contributed by atoms with Crippen LogP contribution < -0.4 is 10.1 Å². The number of anilines is 2. The molecule has 0 aliphatic rings. The van der Waals surface area contributed by atoms with Crippen molar-refractivity contribution in [3.05, 3.63) is 53.3 Å². The Hall–Kier alpha value is -2.54. The van der Waals surface area contributed by atoms with Crippen molar-refractivity contribution in [2.75, 3.05) is 12.4 Å². The number of benzene rings is 2. The molecule has 0 aliphatic carbocycles. The van der Waals surface area contributed by atoms with Crippen LogP contribution in [0.15, 0.2) is 36.4 Å². The van der Waals surface area contributed by atoms with Crippen LogP contribution in [0, 0.1) is 24.1 Å². The Morgan fingerprint density at radius 2 is 2.00 bits per heavy atom. The molecule has 0 atom stereocenters. The van der Waals surface area contributed by atoms with E-state index >= 15 is 0 Å². The van der Waals surface area contributed by atoms with Gasteiger partial charge in [0, 0.05) is 11.8 Å². The van der Waals surface area contributed by atoms with E-state index in [1.807, 2.05) is 13.0 Å². The number of nitrogens with zero attached hydrogens (tertiary/aromatic N) is 1. The lowest BCUT2D eigenvalue weighted by Crippen LogP contribution is -1.96. The highest BCUT2D eigenvalue weighted by molar-refractivity contribution is 5.68. The van der Waals surface area contributed by atoms with Crippen LogP contribution >= 0.6 is 0 Å². The molecule has 0 radical (unpaired) electrons. The quantitative estimate of drug-likeness (QED) is 0.909. The first-order valence-electron chi connectivity index (χ1n) is 5.75. The second-order valence-corrected chi connectivity index (χ2v) is 4.17. The van der Waals surface area contributed by atoms with Gasteiger partial charge in [0.05, 0.1) is 18.4 Å². The molecule has 0 fully saturated rings. The van der Waals surface area contributed by atoms with Gasteiger partial charge in [0.25, 0.3) is 0 Å². The van der Waals surface area contributed by atoms with E-state index in [1.165, 1.54) is 12.1 Å². The van der Waals surface area contributed by atoms with Gasteiger partial charge < -0.3 is 10.1 Å². The molecule has 0 amide bonds. The molecule has 0 heterocycles. The summed E-state index contributed by atoms with van der Waals surface area (Å²) in [4.78, 5) is 0. The third-order valence-corrected chi connectivity index (χ3v) is 2.67. The molecule has 0 aromatic heterocycles. The molecular formula is C15H13FN2O. The first-order chi connectivity index (χ1) is 9.12. The summed E-state index contributed by atoms with van der Waals surface area (Å²) in [7, 11) is 1.55. The maximum atomic E-state index is 13.3. The summed E-state index contributed by atoms with van der Waals surface area (Å²) in [6.07, 6.45) is 0. The number of halogens is 1. The monoisotopic (exact) mass is 256 g/mol. The SMILES string of the molecule is COc1ccc(C#N)c(Nc2cc(C)cc(F)c2)c1. The van der Waals surface area contributed by atoms with Gasteiger partial charge in [-0.25, -0.2) is 4.39 Å². The van der Waals surface area contributed by atoms with Crippen LogP contribution in [0.25, 0.3) is 0 Å². The van der Waals surface area contributed by atoms with Crippen molar-refractivity contribution >= 4 is 11.4 Å². The summed E-state index contributed by atoms with van der Waals surface area (Å²) in [5.41, 5.74) is 2.47. The summed E-state index contributed by atoms with van der Waals surface area (Å²) in [6.45, 7) is 1.81. The van der Waals surface area contributed by atoms with Gasteiger partial charge in [-0.1, -0.05) is 0 Å². The van der Waals surface area contributed by atoms with E-state index in [9.17, 15) is 4.39 Å². The molecule has 96 valence electrons. The lowest BCUT2D eigenvalue weighted by molar-refractivity contribution is 0.415. The first kappa shape index (κ1) is 12.9. The molecule has 4 heteroatoms. The fourth-order valence-electron chi connectivity index (χ4n) is 1.82. The van der Waals surface area contributed by atoms with Gasteiger partial charge in [0.2, 0.25) is 0 Å². The van der Waals surface area contributed by atoms with Crippen molar-refractivity contribution in [2.45, 2.75) is 6.92 Å². The van der Waals surface area contributed by atoms with Gasteiger partial charge in [0.1, 0.15) is 17.6 Å². The van der Waals surface area contributed by atoms with Crippen molar-refractivity contribution in [3.63, 3.8) is 0 Å². The van der Waals surface area contributed by atoms with Crippen LogP contribution in [-0.4, -0.2) is 7.11 Å². The topological polar surface area (TPSA) is 45.0 Å². The first-order valence-corrected chi connectivity index (χ1v) is 5.75. The van der Waals surface area contributed by atoms with Crippen molar-refractivity contribution in [1.82, 2.24) is 0 Å². The molecule has 2 aromatic rings. The second-order valence-electron chi connectivity index (χ2n) is 4.17. The minimum absolute atomic E-state index is 0.316. The van der Waals surface area contributed by atoms with Crippen LogP contribution in [0.5, 0.6) is 5.75 Å². The maximum absolute atomic E-state index is 13.3. The summed E-state index contributed by atoms with van der Waals surface area (Å²) >= 11 is 0. The van der Waals surface area contributed by atoms with E-state index in [1.54, 1.807) is 25.3 Å². The Labute approximate surface area is 111 Å². The van der Waals surface area contributed by atoms with Crippen molar-refractivity contribution in [2.24, 2.45) is 0 Å². The molecule has 0 saturated carbocycles. The van der Waals surface area contributed by atoms with Gasteiger partial charge in [0.15, 0.2) is 0 Å². The molecule has 0 bridgehead atoms. The minimum Gasteiger partial charge on any atom is -0.497 e. The Balaban J connectivity index is 2.39. The molecule has 3 nitrogen and oxygen atoms in total. The molecule has 1 N–H and O–H groups in total. The number of nitriles is 1. The lowest BCUT2D eigenvalue weighted by Gasteiger charge is -2.10. The Morgan fingerprint density at radius 3 is 2.63 bits per heavy atom. The van der Waals surface area contributed by atoms with Gasteiger partial charge in [-0.2, -0.15) is 5.26 Å². The summed E-state index contributed by atoms with van der Waals surface area (Å²) in [6, 6.07) is 11.8. The highest BCUT2D eigenvalue weighted by atomic mass is 19.1. The zero-order valence-corrected chi connectivity index (χ0v) is 10.7. The number of hydrogen-bond acceptors (Lipinski definition) is 3. The zero-order valence-electron chi connectivity index (χ0n) is 10.7. The molecule has 0 spiro atoms. The Kier molecular flexibility index (Phi) is 3.67. The highest BCUT2D eigenvalue weighted by Crippen LogP contribution is 2.26. The molecule has 0 unspecified atom stereocenters. The lowest BCUT2D eigenvalue weighted by atomic mass is 10.1. The number of aryl methyl sites for hydroxylation is 1. The van der Waals surface area contributed by atoms with E-state index in [0.29, 0.717) is 22.7 Å². The van der Waals surface area contributed by atoms with E-state index in [2.05, 4.69) is 11.4 Å². The van der Waals surface area contributed by atoms with Crippen LogP contribution in [0.2, 0.25) is 0 Å². The summed E-state index contributed by atoms with van der Waals surface area (Å²) in [5.74, 6) is 0.318. The van der Waals surface area contributed by atoms with Crippen LogP contribution in [0.1, 0.15) is 11.1 Å². The van der Waals surface area contributed by atoms with E-state index in [-0.39, 0.29) is 5.82 Å². The van der Waals surface area contributed by atoms with E-state index in [4.69, 9.17) is 10.00 Å². The third kappa shape index (κ3) is 3.02. The standard InChI is InChI=1S/C15H13FN2O/c1-10-5-12(16)7-13(6-10)18-15-8-14(19-2)4-3-11(15)9-17/h3-8,18H,1-2H3. The number of nitrogens with one attached hydrogen (secondary N) is 1. The minimum atomic E-state index is -0.316. The zero-order chi connectivity index (χ0) is 13.8. The number of rotatable bonds is 3. The smallest absolute Gasteiger partial charge is 0.125 e. The fourth-order valence-corrected chi connectivity index (χ4v) is 1.82. The molecule has 0 aliphatic heterocycles. The van der Waals surface area contributed by atoms with E-state index in [0.717, 1.165) is 5.56 Å². The maximum Gasteiger partial charge on any atom is 0.125 e. The summed E-state index contributed by atoms with van der Waals surface area (Å²) in [5, 5.41) is 12.1. The number of hydrogen-bond donors (Lipinski definition) is 1. The van der Waals surface area contributed by atoms with Crippen LogP contribution in [-0.2, 0) is 0 Å². The van der Waals surface area contributed by atoms with Gasteiger partial charge in [-0.05, 0) is 42.8 Å². The third-order valence-electron chi connectivity index (χ3n) is 2.67. The predicted octanol–water partition coefficient (Wildman–Crippen LogP) is 3.76. The van der Waals surface area contributed by atoms with Crippen molar-refractivity contribution in [3.8, 4) is 11.8 Å². The van der Waals surface area contributed by atoms with Crippen molar-refractivity contribution < 1.29 is 9.13 Å². The van der Waals surface area contributed by atoms with Crippen molar-refractivity contribution in [1.29, 1.82) is 5.26 Å². The van der Waals surface area contributed by atoms with Gasteiger partial charge in [-0.15, -0.1) is 0 Å². The highest BCUT2D eigenvalue weighted by Gasteiger charge is 2.05. The summed E-state index contributed by atoms with van der Waals surface area (Å²) < 4.78 is 18.4. The van der Waals surface area contributed by atoms with Gasteiger partial charge in [-0.3, -0.25) is 0 Å². The van der Waals surface area contributed by atoms with Gasteiger partial charge >= 0.3 is 0 Å². The Morgan fingerprint density at radius 1 is 1.21 bits per heavy atom. The molecule has 19 heavy (non-hydrogen) atoms.